The minimum Gasteiger partial charge on any atom is -0.348 e. The molecular weight excluding hydrogens is 416 g/mol. The lowest BCUT2D eigenvalue weighted by Gasteiger charge is -2.37. The number of carbonyl (C=O) groups excluding carboxylic acids is 1. The van der Waals surface area contributed by atoms with Crippen molar-refractivity contribution in [2.24, 2.45) is 4.99 Å². The van der Waals surface area contributed by atoms with Crippen molar-refractivity contribution < 1.29 is 4.79 Å². The Morgan fingerprint density at radius 1 is 1.39 bits per heavy atom. The molecule has 33 heavy (non-hydrogen) atoms. The number of nitrogens with zero attached hydrogens (tertiary/aromatic N) is 5. The van der Waals surface area contributed by atoms with Crippen LogP contribution in [-0.2, 0) is 0 Å². The van der Waals surface area contributed by atoms with Gasteiger partial charge in [0.2, 0.25) is 5.95 Å². The maximum absolute atomic E-state index is 12.3. The van der Waals surface area contributed by atoms with Gasteiger partial charge in [-0.25, -0.2) is 9.97 Å². The molecule has 3 aliphatic rings. The molecule has 0 aromatic carbocycles. The van der Waals surface area contributed by atoms with Crippen LogP contribution in [0.5, 0.6) is 0 Å². The number of rotatable bonds is 6. The summed E-state index contributed by atoms with van der Waals surface area (Å²) in [7, 11) is 0. The molecule has 0 saturated carbocycles. The molecule has 3 atom stereocenters. The first-order chi connectivity index (χ1) is 16.0. The molecule has 9 heteroatoms. The van der Waals surface area contributed by atoms with Crippen LogP contribution >= 0.6 is 0 Å². The van der Waals surface area contributed by atoms with E-state index in [1.54, 1.807) is 12.5 Å². The summed E-state index contributed by atoms with van der Waals surface area (Å²) in [5.41, 5.74) is 2.01. The molecule has 1 amide bonds. The third-order valence-corrected chi connectivity index (χ3v) is 6.23. The van der Waals surface area contributed by atoms with Crippen molar-refractivity contribution in [3.05, 3.63) is 78.2 Å². The smallest absolute Gasteiger partial charge is 0.273 e. The minimum atomic E-state index is -0.434. The summed E-state index contributed by atoms with van der Waals surface area (Å²) in [6.45, 7) is 4.23. The van der Waals surface area contributed by atoms with E-state index in [4.69, 9.17) is 4.98 Å². The highest BCUT2D eigenvalue weighted by atomic mass is 16.1. The molecule has 1 aliphatic heterocycles. The van der Waals surface area contributed by atoms with Gasteiger partial charge in [0.15, 0.2) is 0 Å². The second-order valence-electron chi connectivity index (χ2n) is 8.49. The molecule has 2 unspecified atom stereocenters. The lowest BCUT2D eigenvalue weighted by atomic mass is 9.87. The number of aliphatic imine (C=N–C) groups is 1. The standard InChI is InChI=1S/C24H26N8O/c1-16(17-6-4-3-5-7-17)29-23-26-11-9-21(31-23)32-15-28-20-12-18(8-10-24(20,32)2)30-22(33)19-13-25-14-27-19/h3-4,6,8-16,20H,5,7H2,1-2H3,(H,25,27)(H,30,33)(H,26,29,31)/t16-,20?,24?/m0/s1. The van der Waals surface area contributed by atoms with Crippen LogP contribution in [0.15, 0.2) is 77.5 Å². The molecule has 3 N–H and O–H groups in total. The van der Waals surface area contributed by atoms with E-state index in [-0.39, 0.29) is 18.0 Å². The van der Waals surface area contributed by atoms with Gasteiger partial charge >= 0.3 is 0 Å². The fourth-order valence-corrected chi connectivity index (χ4v) is 4.22. The van der Waals surface area contributed by atoms with E-state index in [0.717, 1.165) is 18.7 Å². The fourth-order valence-electron chi connectivity index (χ4n) is 4.22. The number of fused-ring (bicyclic) bond motifs is 1. The van der Waals surface area contributed by atoms with Gasteiger partial charge in [0, 0.05) is 17.9 Å². The van der Waals surface area contributed by atoms with Gasteiger partial charge in [-0.2, -0.15) is 4.98 Å². The minimum absolute atomic E-state index is 0.152. The van der Waals surface area contributed by atoms with E-state index < -0.39 is 5.54 Å². The summed E-state index contributed by atoms with van der Waals surface area (Å²) >= 11 is 0. The van der Waals surface area contributed by atoms with Crippen LogP contribution in [0.25, 0.3) is 0 Å². The second kappa shape index (κ2) is 8.50. The van der Waals surface area contributed by atoms with Gasteiger partial charge < -0.3 is 20.5 Å². The van der Waals surface area contributed by atoms with Crippen LogP contribution < -0.4 is 15.5 Å². The quantitative estimate of drug-likeness (QED) is 0.634. The summed E-state index contributed by atoms with van der Waals surface area (Å²) in [5, 5.41) is 6.31. The third kappa shape index (κ3) is 4.09. The van der Waals surface area contributed by atoms with Gasteiger partial charge in [0.1, 0.15) is 11.5 Å². The third-order valence-electron chi connectivity index (χ3n) is 6.23. The topological polar surface area (TPSA) is 111 Å². The molecule has 0 fully saturated rings. The maximum atomic E-state index is 12.3. The zero-order chi connectivity index (χ0) is 22.8. The van der Waals surface area contributed by atoms with E-state index in [9.17, 15) is 4.79 Å². The predicted molar refractivity (Wildman–Crippen MR) is 128 cm³/mol. The van der Waals surface area contributed by atoms with E-state index >= 15 is 0 Å². The molecule has 2 aliphatic carbocycles. The van der Waals surface area contributed by atoms with Crippen molar-refractivity contribution in [3.8, 4) is 0 Å². The number of hydrogen-bond acceptors (Lipinski definition) is 7. The summed E-state index contributed by atoms with van der Waals surface area (Å²) in [6.07, 6.45) is 21.0. The average molecular weight is 443 g/mol. The highest BCUT2D eigenvalue weighted by Gasteiger charge is 2.43. The van der Waals surface area contributed by atoms with Crippen LogP contribution in [0.2, 0.25) is 0 Å². The molecule has 0 spiro atoms. The Bertz CT molecular complexity index is 1190. The molecular formula is C24H26N8O. The van der Waals surface area contributed by atoms with Gasteiger partial charge in [-0.15, -0.1) is 0 Å². The first kappa shape index (κ1) is 20.9. The molecule has 168 valence electrons. The van der Waals surface area contributed by atoms with E-state index in [0.29, 0.717) is 17.3 Å². The second-order valence-corrected chi connectivity index (χ2v) is 8.49. The number of aromatic amines is 1. The molecule has 0 radical (unpaired) electrons. The Balaban J connectivity index is 1.30. The zero-order valence-electron chi connectivity index (χ0n) is 18.6. The van der Waals surface area contributed by atoms with Gasteiger partial charge in [-0.05, 0) is 50.5 Å². The number of aromatic nitrogens is 4. The number of allylic oxidation sites excluding steroid dienone is 4. The Labute approximate surface area is 192 Å². The number of amides is 1. The van der Waals surface area contributed by atoms with E-state index in [1.165, 1.54) is 18.1 Å². The fraction of sp³-hybridized carbons (Fsp3) is 0.292. The van der Waals surface area contributed by atoms with E-state index in [2.05, 4.69) is 62.7 Å². The number of nitrogens with one attached hydrogen (secondary N) is 3. The van der Waals surface area contributed by atoms with Crippen molar-refractivity contribution in [1.29, 1.82) is 0 Å². The van der Waals surface area contributed by atoms with Crippen molar-refractivity contribution in [2.45, 2.75) is 44.3 Å². The lowest BCUT2D eigenvalue weighted by Crippen LogP contribution is -2.49. The normalized spacial score (nSPS) is 24.2. The van der Waals surface area contributed by atoms with Crippen LogP contribution in [0.4, 0.5) is 11.8 Å². The summed E-state index contributed by atoms with van der Waals surface area (Å²) in [4.78, 5) is 34.9. The van der Waals surface area contributed by atoms with Gasteiger partial charge in [0.25, 0.3) is 5.91 Å². The summed E-state index contributed by atoms with van der Waals surface area (Å²) < 4.78 is 0. The van der Waals surface area contributed by atoms with Crippen molar-refractivity contribution >= 4 is 24.0 Å². The van der Waals surface area contributed by atoms with Gasteiger partial charge in [-0.1, -0.05) is 24.3 Å². The van der Waals surface area contributed by atoms with Gasteiger partial charge in [-0.3, -0.25) is 9.79 Å². The van der Waals surface area contributed by atoms with Crippen molar-refractivity contribution in [3.63, 3.8) is 0 Å². The monoisotopic (exact) mass is 442 g/mol. The maximum Gasteiger partial charge on any atom is 0.273 e. The highest BCUT2D eigenvalue weighted by molar-refractivity contribution is 5.93. The van der Waals surface area contributed by atoms with Crippen molar-refractivity contribution in [2.75, 3.05) is 10.2 Å². The molecule has 3 heterocycles. The van der Waals surface area contributed by atoms with Crippen LogP contribution in [0.3, 0.4) is 0 Å². The Morgan fingerprint density at radius 2 is 2.30 bits per heavy atom. The molecule has 9 nitrogen and oxygen atoms in total. The SMILES string of the molecule is C[C@H](Nc1nccc(N2C=NC3C=C(NC(=O)c4cnc[nH]4)C=CC32C)n1)C1=CC=CCC1. The van der Waals surface area contributed by atoms with Crippen LogP contribution in [-0.4, -0.2) is 49.8 Å². The van der Waals surface area contributed by atoms with Gasteiger partial charge in [0.05, 0.1) is 30.4 Å². The number of H-pyrrole nitrogens is 1. The first-order valence-corrected chi connectivity index (χ1v) is 11.0. The molecule has 2 aromatic heterocycles. The number of hydrogen-bond donors (Lipinski definition) is 3. The summed E-state index contributed by atoms with van der Waals surface area (Å²) in [6, 6.07) is 1.87. The molecule has 0 bridgehead atoms. The first-order valence-electron chi connectivity index (χ1n) is 11.0. The van der Waals surface area contributed by atoms with Crippen LogP contribution in [0, 0.1) is 0 Å². The molecule has 2 aromatic rings. The largest absolute Gasteiger partial charge is 0.348 e. The summed E-state index contributed by atoms with van der Waals surface area (Å²) in [5.74, 6) is 1.10. The Hall–Kier alpha value is -4.01. The zero-order valence-corrected chi connectivity index (χ0v) is 18.6. The Kier molecular flexibility index (Phi) is 5.37. The lowest BCUT2D eigenvalue weighted by molar-refractivity contribution is 0.0962. The molecule has 0 saturated heterocycles. The van der Waals surface area contributed by atoms with E-state index in [1.807, 2.05) is 29.2 Å². The number of carbonyl (C=O) groups is 1. The number of imidazole rings is 1. The molecule has 5 rings (SSSR count). The Morgan fingerprint density at radius 3 is 3.09 bits per heavy atom. The highest BCUT2D eigenvalue weighted by Crippen LogP contribution is 2.35. The predicted octanol–water partition coefficient (Wildman–Crippen LogP) is 3.14. The number of anilines is 2. The van der Waals surface area contributed by atoms with Crippen LogP contribution in [0.1, 0.15) is 37.2 Å². The average Bonchev–Trinajstić information content (AvgIpc) is 3.48. The van der Waals surface area contributed by atoms with Crippen molar-refractivity contribution in [1.82, 2.24) is 25.3 Å².